The Kier molecular flexibility index (Phi) is 8.24. The molecule has 9 nitrogen and oxygen atoms in total. The molecule has 42 heavy (non-hydrogen) atoms. The van der Waals surface area contributed by atoms with E-state index in [-0.39, 0.29) is 23.3 Å². The minimum absolute atomic E-state index is 0.0738. The van der Waals surface area contributed by atoms with Crippen LogP contribution < -0.4 is 15.1 Å². The number of piperazine rings is 1. The summed E-state index contributed by atoms with van der Waals surface area (Å²) in [5.41, 5.74) is -1.34. The Morgan fingerprint density at radius 1 is 1.05 bits per heavy atom. The topological polar surface area (TPSA) is 94.1 Å². The maximum absolute atomic E-state index is 15.7. The van der Waals surface area contributed by atoms with E-state index in [2.05, 4.69) is 20.2 Å². The van der Waals surface area contributed by atoms with E-state index in [1.54, 1.807) is 0 Å². The van der Waals surface area contributed by atoms with E-state index in [4.69, 9.17) is 4.74 Å². The molecule has 1 aromatic heterocycles. The summed E-state index contributed by atoms with van der Waals surface area (Å²) in [6, 6.07) is 5.86. The first kappa shape index (κ1) is 29.5. The van der Waals surface area contributed by atoms with Crippen molar-refractivity contribution < 1.29 is 32.2 Å². The van der Waals surface area contributed by atoms with Crippen molar-refractivity contribution in [1.82, 2.24) is 14.9 Å². The fourth-order valence-corrected chi connectivity index (χ4v) is 5.35. The number of likely N-dealkylation sites (N-methyl/N-ethyl adjacent to an activating group) is 1. The monoisotopic (exact) mass is 588 g/mol. The van der Waals surface area contributed by atoms with Crippen molar-refractivity contribution in [2.24, 2.45) is 0 Å². The second-order valence-electron chi connectivity index (χ2n) is 10.6. The number of aromatic nitrogens is 2. The lowest BCUT2D eigenvalue weighted by Gasteiger charge is -2.44. The lowest BCUT2D eigenvalue weighted by Crippen LogP contribution is -2.55. The number of halogens is 4. The Morgan fingerprint density at radius 2 is 1.69 bits per heavy atom. The first-order valence-electron chi connectivity index (χ1n) is 13.6. The molecule has 5 rings (SSSR count). The molecule has 3 aromatic rings. The van der Waals surface area contributed by atoms with Gasteiger partial charge in [-0.2, -0.15) is 13.2 Å². The number of phenols is 1. The van der Waals surface area contributed by atoms with Crippen LogP contribution in [0.25, 0.3) is 11.1 Å². The third-order valence-electron chi connectivity index (χ3n) is 7.85. The van der Waals surface area contributed by atoms with Crippen LogP contribution in [0.3, 0.4) is 0 Å². The third kappa shape index (κ3) is 5.97. The predicted octanol–water partition coefficient (Wildman–Crippen LogP) is 4.62. The molecule has 0 aliphatic carbocycles. The zero-order valence-electron chi connectivity index (χ0n) is 23.5. The van der Waals surface area contributed by atoms with Gasteiger partial charge in [-0.25, -0.2) is 14.4 Å². The summed E-state index contributed by atoms with van der Waals surface area (Å²) in [7, 11) is 1.99. The summed E-state index contributed by atoms with van der Waals surface area (Å²) >= 11 is 0. The Hall–Kier alpha value is -3.97. The highest BCUT2D eigenvalue weighted by atomic mass is 19.4. The molecule has 0 spiro atoms. The Morgan fingerprint density at radius 3 is 2.31 bits per heavy atom. The van der Waals surface area contributed by atoms with Crippen molar-refractivity contribution >= 4 is 23.2 Å². The van der Waals surface area contributed by atoms with Crippen LogP contribution in [0.4, 0.5) is 34.9 Å². The van der Waals surface area contributed by atoms with Gasteiger partial charge >= 0.3 is 6.18 Å². The first-order valence-corrected chi connectivity index (χ1v) is 13.6. The summed E-state index contributed by atoms with van der Waals surface area (Å²) in [6.45, 7) is 7.36. The molecule has 2 aliphatic rings. The van der Waals surface area contributed by atoms with E-state index >= 15 is 4.39 Å². The summed E-state index contributed by atoms with van der Waals surface area (Å²) in [5.74, 6) is -2.28. The zero-order valence-corrected chi connectivity index (χ0v) is 23.5. The molecule has 0 bridgehead atoms. The van der Waals surface area contributed by atoms with Crippen LogP contribution in [0, 0.1) is 5.82 Å². The summed E-state index contributed by atoms with van der Waals surface area (Å²) < 4.78 is 62.4. The average Bonchev–Trinajstić information content (AvgIpc) is 2.96. The minimum Gasteiger partial charge on any atom is -0.507 e. The molecule has 0 radical (unpaired) electrons. The number of anilines is 3. The van der Waals surface area contributed by atoms with Gasteiger partial charge in [-0.3, -0.25) is 9.69 Å². The number of amides is 1. The number of aromatic hydroxyl groups is 1. The number of hydrogen-bond donors (Lipinski definition) is 2. The van der Waals surface area contributed by atoms with Crippen LogP contribution in [0.1, 0.15) is 29.8 Å². The lowest BCUT2D eigenvalue weighted by molar-refractivity contribution is -0.139. The molecule has 2 aromatic carbocycles. The molecule has 224 valence electrons. The fraction of sp³-hybridized carbons (Fsp3) is 0.414. The number of nitrogens with one attached hydrogen (secondary N) is 1. The van der Waals surface area contributed by atoms with Gasteiger partial charge in [0.05, 0.1) is 30.2 Å². The van der Waals surface area contributed by atoms with Gasteiger partial charge in [0.25, 0.3) is 5.91 Å². The van der Waals surface area contributed by atoms with Gasteiger partial charge in [0, 0.05) is 61.8 Å². The van der Waals surface area contributed by atoms with Gasteiger partial charge in [0.1, 0.15) is 17.1 Å². The number of carbonyl (C=O) groups excluding carboxylic acids is 1. The van der Waals surface area contributed by atoms with Gasteiger partial charge < -0.3 is 25.0 Å². The normalized spacial score (nSPS) is 20.1. The molecule has 13 heteroatoms. The Bertz CT molecular complexity index is 1430. The van der Waals surface area contributed by atoms with Gasteiger partial charge in [-0.15, -0.1) is 0 Å². The molecule has 2 fully saturated rings. The van der Waals surface area contributed by atoms with Crippen molar-refractivity contribution in [1.29, 1.82) is 0 Å². The SMILES string of the molecule is C[C@@H]1CN(c2cc(F)c(-c3cnc(N4CCOCC4)nc3)cc2NC(=O)c2cccc(O)c2C(F)(F)F)C[C@H](C)N1C. The largest absolute Gasteiger partial charge is 0.507 e. The molecule has 2 aliphatic heterocycles. The number of nitrogens with zero attached hydrogens (tertiary/aromatic N) is 5. The zero-order chi connectivity index (χ0) is 30.2. The molecular weight excluding hydrogens is 556 g/mol. The van der Waals surface area contributed by atoms with Crippen LogP contribution in [-0.4, -0.2) is 84.4 Å². The van der Waals surface area contributed by atoms with Crippen LogP contribution in [-0.2, 0) is 10.9 Å². The van der Waals surface area contributed by atoms with E-state index in [0.717, 1.165) is 18.2 Å². The lowest BCUT2D eigenvalue weighted by atomic mass is 10.0. The number of benzene rings is 2. The number of hydrogen-bond acceptors (Lipinski definition) is 8. The highest BCUT2D eigenvalue weighted by Gasteiger charge is 2.38. The van der Waals surface area contributed by atoms with Gasteiger partial charge in [0.2, 0.25) is 5.95 Å². The molecule has 0 unspecified atom stereocenters. The van der Waals surface area contributed by atoms with Crippen molar-refractivity contribution in [2.45, 2.75) is 32.1 Å². The number of phenolic OH excluding ortho intramolecular Hbond substituents is 1. The fourth-order valence-electron chi connectivity index (χ4n) is 5.35. The molecule has 0 saturated carbocycles. The molecular formula is C29H32F4N6O3. The van der Waals surface area contributed by atoms with Crippen molar-refractivity contribution in [2.75, 3.05) is 61.6 Å². The smallest absolute Gasteiger partial charge is 0.420 e. The number of carbonyl (C=O) groups is 1. The average molecular weight is 589 g/mol. The predicted molar refractivity (Wildman–Crippen MR) is 150 cm³/mol. The van der Waals surface area contributed by atoms with Crippen LogP contribution in [0.15, 0.2) is 42.7 Å². The Labute approximate surface area is 240 Å². The minimum atomic E-state index is -4.98. The van der Waals surface area contributed by atoms with E-state index in [1.807, 2.05) is 30.7 Å². The second kappa shape index (κ2) is 11.7. The van der Waals surface area contributed by atoms with Gasteiger partial charge in [-0.1, -0.05) is 6.07 Å². The Balaban J connectivity index is 1.55. The highest BCUT2D eigenvalue weighted by Crippen LogP contribution is 2.40. The van der Waals surface area contributed by atoms with E-state index in [1.165, 1.54) is 24.5 Å². The maximum Gasteiger partial charge on any atom is 0.420 e. The number of rotatable bonds is 5. The van der Waals surface area contributed by atoms with E-state index in [9.17, 15) is 23.1 Å². The van der Waals surface area contributed by atoms with E-state index < -0.39 is 34.8 Å². The van der Waals surface area contributed by atoms with Gasteiger partial charge in [0.15, 0.2) is 0 Å². The molecule has 2 atom stereocenters. The molecule has 2 N–H and O–H groups in total. The maximum atomic E-state index is 15.7. The molecule has 1 amide bonds. The molecule has 2 saturated heterocycles. The van der Waals surface area contributed by atoms with Crippen molar-refractivity contribution in [3.05, 3.63) is 59.7 Å². The highest BCUT2D eigenvalue weighted by molar-refractivity contribution is 6.07. The first-order chi connectivity index (χ1) is 19.9. The van der Waals surface area contributed by atoms with E-state index in [0.29, 0.717) is 56.6 Å². The number of morpholine rings is 1. The third-order valence-corrected chi connectivity index (χ3v) is 7.85. The summed E-state index contributed by atoms with van der Waals surface area (Å²) in [4.78, 5) is 28.1. The number of alkyl halides is 3. The summed E-state index contributed by atoms with van der Waals surface area (Å²) in [6.07, 6.45) is -2.03. The van der Waals surface area contributed by atoms with Gasteiger partial charge in [-0.05, 0) is 45.2 Å². The van der Waals surface area contributed by atoms with Crippen LogP contribution in [0.2, 0.25) is 0 Å². The molecule has 3 heterocycles. The summed E-state index contributed by atoms with van der Waals surface area (Å²) in [5, 5.41) is 12.5. The van der Waals surface area contributed by atoms with Crippen molar-refractivity contribution in [3.8, 4) is 16.9 Å². The number of ether oxygens (including phenoxy) is 1. The quantitative estimate of drug-likeness (QED) is 0.417. The van der Waals surface area contributed by atoms with Crippen LogP contribution >= 0.6 is 0 Å². The van der Waals surface area contributed by atoms with Crippen LogP contribution in [0.5, 0.6) is 5.75 Å². The second-order valence-corrected chi connectivity index (χ2v) is 10.6. The van der Waals surface area contributed by atoms with Crippen molar-refractivity contribution in [3.63, 3.8) is 0 Å². The standard InChI is InChI=1S/C29H32F4N6O3/c1-17-15-39(16-18(2)37(17)3)24-12-22(30)21(19-13-34-28(35-14-19)38-7-9-42-10-8-38)11-23(24)36-27(41)20-5-4-6-25(40)26(20)29(31,32)33/h4-6,11-14,17-18,40H,7-10,15-16H2,1-3H3,(H,36,41)/t17-,18+.